The molecule has 0 bridgehead atoms. The number of nitrogens with one attached hydrogen (secondary N) is 1. The lowest BCUT2D eigenvalue weighted by Crippen LogP contribution is -2.22. The summed E-state index contributed by atoms with van der Waals surface area (Å²) in [6.07, 6.45) is 0. The van der Waals surface area contributed by atoms with Gasteiger partial charge in [-0.15, -0.1) is 0 Å². The molecule has 82 valence electrons. The zero-order chi connectivity index (χ0) is 11.5. The molecule has 0 saturated carbocycles. The molecule has 0 atom stereocenters. The molecule has 0 spiro atoms. The van der Waals surface area contributed by atoms with E-state index < -0.39 is 0 Å². The summed E-state index contributed by atoms with van der Waals surface area (Å²) < 4.78 is 1.01. The minimum Gasteiger partial charge on any atom is -0.352 e. The topological polar surface area (TPSA) is 29.1 Å². The molecular weight excluding hydrogens is 266 g/mol. The first-order valence-corrected chi connectivity index (χ1v) is 5.98. The lowest BCUT2D eigenvalue weighted by molar-refractivity contribution is 0.0957. The largest absolute Gasteiger partial charge is 0.352 e. The van der Waals surface area contributed by atoms with Gasteiger partial charge in [-0.05, 0) is 29.8 Å². The standard InChI is InChI=1S/C13H12BrNO/c1-2-15-13(16)11-7-8-12(14)10-6-4-3-5-9(10)11/h3-8H,2H2,1H3,(H,15,16). The Hall–Kier alpha value is -1.35. The Balaban J connectivity index is 2.63. The number of rotatable bonds is 2. The highest BCUT2D eigenvalue weighted by Gasteiger charge is 2.09. The van der Waals surface area contributed by atoms with Gasteiger partial charge < -0.3 is 5.32 Å². The van der Waals surface area contributed by atoms with Crippen molar-refractivity contribution < 1.29 is 4.79 Å². The molecule has 2 nitrogen and oxygen atoms in total. The highest BCUT2D eigenvalue weighted by Crippen LogP contribution is 2.26. The maximum Gasteiger partial charge on any atom is 0.251 e. The molecule has 3 heteroatoms. The van der Waals surface area contributed by atoms with Crippen molar-refractivity contribution in [2.45, 2.75) is 6.92 Å². The first-order valence-electron chi connectivity index (χ1n) is 5.19. The lowest BCUT2D eigenvalue weighted by atomic mass is 10.0. The number of fused-ring (bicyclic) bond motifs is 1. The highest BCUT2D eigenvalue weighted by molar-refractivity contribution is 9.10. The van der Waals surface area contributed by atoms with Gasteiger partial charge >= 0.3 is 0 Å². The van der Waals surface area contributed by atoms with Crippen molar-refractivity contribution in [3.8, 4) is 0 Å². The van der Waals surface area contributed by atoms with E-state index in [2.05, 4.69) is 21.2 Å². The molecule has 0 aliphatic rings. The predicted molar refractivity (Wildman–Crippen MR) is 69.7 cm³/mol. The zero-order valence-corrected chi connectivity index (χ0v) is 10.5. The van der Waals surface area contributed by atoms with Gasteiger partial charge in [0.05, 0.1) is 0 Å². The van der Waals surface area contributed by atoms with E-state index in [1.165, 1.54) is 0 Å². The van der Waals surface area contributed by atoms with Crippen molar-refractivity contribution in [2.75, 3.05) is 6.54 Å². The van der Waals surface area contributed by atoms with Crippen molar-refractivity contribution in [2.24, 2.45) is 0 Å². The lowest BCUT2D eigenvalue weighted by Gasteiger charge is -2.07. The van der Waals surface area contributed by atoms with Crippen LogP contribution >= 0.6 is 15.9 Å². The summed E-state index contributed by atoms with van der Waals surface area (Å²) in [6, 6.07) is 11.6. The molecule has 2 aromatic rings. The highest BCUT2D eigenvalue weighted by atomic mass is 79.9. The van der Waals surface area contributed by atoms with Crippen LogP contribution in [-0.4, -0.2) is 12.5 Å². The molecule has 0 aliphatic carbocycles. The number of benzene rings is 2. The van der Waals surface area contributed by atoms with Gasteiger partial charge in [0.2, 0.25) is 0 Å². The molecule has 1 amide bonds. The summed E-state index contributed by atoms with van der Waals surface area (Å²) in [5, 5.41) is 4.86. The Morgan fingerprint density at radius 2 is 1.88 bits per heavy atom. The fourth-order valence-electron chi connectivity index (χ4n) is 1.72. The van der Waals surface area contributed by atoms with E-state index >= 15 is 0 Å². The summed E-state index contributed by atoms with van der Waals surface area (Å²) in [4.78, 5) is 11.8. The average Bonchev–Trinajstić information content (AvgIpc) is 2.30. The van der Waals surface area contributed by atoms with Crippen molar-refractivity contribution in [3.05, 3.63) is 46.4 Å². The Bertz CT molecular complexity index is 536. The summed E-state index contributed by atoms with van der Waals surface area (Å²) in [5.41, 5.74) is 0.723. The van der Waals surface area contributed by atoms with Crippen LogP contribution in [0.3, 0.4) is 0 Å². The van der Waals surface area contributed by atoms with Crippen molar-refractivity contribution in [1.29, 1.82) is 0 Å². The third-order valence-corrected chi connectivity index (χ3v) is 3.14. The Kier molecular flexibility index (Phi) is 3.25. The van der Waals surface area contributed by atoms with Gasteiger partial charge in [-0.25, -0.2) is 0 Å². The van der Waals surface area contributed by atoms with Gasteiger partial charge in [0, 0.05) is 16.6 Å². The van der Waals surface area contributed by atoms with Crippen LogP contribution in [0.25, 0.3) is 10.8 Å². The minimum absolute atomic E-state index is 0.0220. The maximum atomic E-state index is 11.8. The SMILES string of the molecule is CCNC(=O)c1ccc(Br)c2ccccc12. The summed E-state index contributed by atoms with van der Waals surface area (Å²) in [5.74, 6) is -0.0220. The third kappa shape index (κ3) is 1.95. The first kappa shape index (κ1) is 11.1. The van der Waals surface area contributed by atoms with Gasteiger partial charge in [-0.3, -0.25) is 4.79 Å². The third-order valence-electron chi connectivity index (χ3n) is 2.45. The monoisotopic (exact) mass is 277 g/mol. The summed E-state index contributed by atoms with van der Waals surface area (Å²) in [6.45, 7) is 2.56. The molecule has 2 rings (SSSR count). The second-order valence-electron chi connectivity index (χ2n) is 3.50. The molecular formula is C13H12BrNO. The van der Waals surface area contributed by atoms with Gasteiger partial charge in [-0.1, -0.05) is 40.2 Å². The Labute approximate surface area is 103 Å². The van der Waals surface area contributed by atoms with E-state index in [1.807, 2.05) is 43.3 Å². The summed E-state index contributed by atoms with van der Waals surface area (Å²) in [7, 11) is 0. The molecule has 0 heterocycles. The second-order valence-corrected chi connectivity index (χ2v) is 4.35. The van der Waals surface area contributed by atoms with Crippen LogP contribution < -0.4 is 5.32 Å². The van der Waals surface area contributed by atoms with Crippen molar-refractivity contribution >= 4 is 32.6 Å². The molecule has 0 saturated heterocycles. The van der Waals surface area contributed by atoms with Crippen molar-refractivity contribution in [1.82, 2.24) is 5.32 Å². The van der Waals surface area contributed by atoms with Crippen LogP contribution in [0.4, 0.5) is 0 Å². The molecule has 0 fully saturated rings. The fraction of sp³-hybridized carbons (Fsp3) is 0.154. The van der Waals surface area contributed by atoms with Gasteiger partial charge in [0.25, 0.3) is 5.91 Å². The Morgan fingerprint density at radius 1 is 1.19 bits per heavy atom. The van der Waals surface area contributed by atoms with E-state index in [4.69, 9.17) is 0 Å². The minimum atomic E-state index is -0.0220. The van der Waals surface area contributed by atoms with Gasteiger partial charge in [-0.2, -0.15) is 0 Å². The van der Waals surface area contributed by atoms with E-state index in [0.29, 0.717) is 6.54 Å². The number of hydrogen-bond acceptors (Lipinski definition) is 1. The summed E-state index contributed by atoms with van der Waals surface area (Å²) >= 11 is 3.49. The number of hydrogen-bond donors (Lipinski definition) is 1. The molecule has 0 radical (unpaired) electrons. The molecule has 16 heavy (non-hydrogen) atoms. The van der Waals surface area contributed by atoms with Crippen LogP contribution in [0, 0.1) is 0 Å². The van der Waals surface area contributed by atoms with E-state index in [0.717, 1.165) is 20.8 Å². The number of carbonyl (C=O) groups excluding carboxylic acids is 1. The molecule has 1 N–H and O–H groups in total. The average molecular weight is 278 g/mol. The molecule has 2 aromatic carbocycles. The smallest absolute Gasteiger partial charge is 0.251 e. The van der Waals surface area contributed by atoms with Crippen LogP contribution in [0.2, 0.25) is 0 Å². The maximum absolute atomic E-state index is 11.8. The van der Waals surface area contributed by atoms with E-state index in [1.54, 1.807) is 0 Å². The first-order chi connectivity index (χ1) is 7.74. The number of carbonyl (C=O) groups is 1. The van der Waals surface area contributed by atoms with Crippen molar-refractivity contribution in [3.63, 3.8) is 0 Å². The number of amides is 1. The fourth-order valence-corrected chi connectivity index (χ4v) is 2.19. The quantitative estimate of drug-likeness (QED) is 0.896. The molecule has 0 aromatic heterocycles. The number of halogens is 1. The normalized spacial score (nSPS) is 10.4. The zero-order valence-electron chi connectivity index (χ0n) is 8.96. The molecule has 0 unspecified atom stereocenters. The second kappa shape index (κ2) is 4.66. The predicted octanol–water partition coefficient (Wildman–Crippen LogP) is 3.35. The molecule has 0 aliphatic heterocycles. The van der Waals surface area contributed by atoms with Crippen LogP contribution in [0.15, 0.2) is 40.9 Å². The van der Waals surface area contributed by atoms with Crippen LogP contribution in [-0.2, 0) is 0 Å². The van der Waals surface area contributed by atoms with E-state index in [-0.39, 0.29) is 5.91 Å². The Morgan fingerprint density at radius 3 is 2.56 bits per heavy atom. The van der Waals surface area contributed by atoms with E-state index in [9.17, 15) is 4.79 Å². The van der Waals surface area contributed by atoms with Crippen LogP contribution in [0.1, 0.15) is 17.3 Å². The van der Waals surface area contributed by atoms with Gasteiger partial charge in [0.1, 0.15) is 0 Å². The van der Waals surface area contributed by atoms with Crippen LogP contribution in [0.5, 0.6) is 0 Å². The van der Waals surface area contributed by atoms with Gasteiger partial charge in [0.15, 0.2) is 0 Å².